The van der Waals surface area contributed by atoms with Crippen molar-refractivity contribution in [2.75, 3.05) is 6.54 Å². The summed E-state index contributed by atoms with van der Waals surface area (Å²) in [6.07, 6.45) is 10.6. The maximum absolute atomic E-state index is 11.7. The average Bonchev–Trinajstić information content (AvgIpc) is 2.38. The molecule has 114 valence electrons. The van der Waals surface area contributed by atoms with Crippen LogP contribution in [0.2, 0.25) is 0 Å². The van der Waals surface area contributed by atoms with Gasteiger partial charge in [-0.25, -0.2) is 0 Å². The van der Waals surface area contributed by atoms with Crippen molar-refractivity contribution < 1.29 is 4.79 Å². The van der Waals surface area contributed by atoms with E-state index in [1.54, 1.807) is 0 Å². The molecule has 0 saturated heterocycles. The Morgan fingerprint density at radius 3 is 2.21 bits per heavy atom. The van der Waals surface area contributed by atoms with Gasteiger partial charge in [-0.15, -0.1) is 0 Å². The summed E-state index contributed by atoms with van der Waals surface area (Å²) in [6.45, 7) is 9.81. The highest BCUT2D eigenvalue weighted by molar-refractivity contribution is 5.75. The van der Waals surface area contributed by atoms with E-state index in [0.717, 1.165) is 25.3 Å². The van der Waals surface area contributed by atoms with Gasteiger partial charge in [0.15, 0.2) is 0 Å². The van der Waals surface area contributed by atoms with Gasteiger partial charge in [0.1, 0.15) is 0 Å². The Morgan fingerprint density at radius 1 is 1.00 bits per heavy atom. The molecule has 0 fully saturated rings. The van der Waals surface area contributed by atoms with Crippen molar-refractivity contribution in [1.82, 2.24) is 5.32 Å². The molecule has 19 heavy (non-hydrogen) atoms. The number of hydrogen-bond donors (Lipinski definition) is 1. The lowest BCUT2D eigenvalue weighted by Crippen LogP contribution is -2.29. The first kappa shape index (κ1) is 18.5. The molecular weight excluding hydrogens is 234 g/mol. The average molecular weight is 269 g/mol. The molecule has 1 amide bonds. The fraction of sp³-hybridized carbons (Fsp3) is 0.941. The topological polar surface area (TPSA) is 29.1 Å². The van der Waals surface area contributed by atoms with E-state index in [9.17, 15) is 4.79 Å². The monoisotopic (exact) mass is 269 g/mol. The van der Waals surface area contributed by atoms with Crippen LogP contribution < -0.4 is 5.32 Å². The number of carbonyl (C=O) groups is 1. The third kappa shape index (κ3) is 12.3. The summed E-state index contributed by atoms with van der Waals surface area (Å²) >= 11 is 0. The van der Waals surface area contributed by atoms with Crippen molar-refractivity contribution >= 4 is 5.91 Å². The van der Waals surface area contributed by atoms with Crippen LogP contribution >= 0.6 is 0 Å². The molecule has 0 aromatic carbocycles. The Hall–Kier alpha value is -0.530. The van der Waals surface area contributed by atoms with Crippen LogP contribution in [0.15, 0.2) is 0 Å². The SMILES string of the molecule is CCCCCCCCC(=O)NC[C@H](CC)CC(C)C. The number of carbonyl (C=O) groups excluding carboxylic acids is 1. The van der Waals surface area contributed by atoms with E-state index in [1.807, 2.05) is 0 Å². The smallest absolute Gasteiger partial charge is 0.220 e. The lowest BCUT2D eigenvalue weighted by molar-refractivity contribution is -0.121. The van der Waals surface area contributed by atoms with E-state index < -0.39 is 0 Å². The summed E-state index contributed by atoms with van der Waals surface area (Å²) < 4.78 is 0. The summed E-state index contributed by atoms with van der Waals surface area (Å²) in [6, 6.07) is 0. The normalized spacial score (nSPS) is 12.7. The van der Waals surface area contributed by atoms with Crippen LogP contribution in [0.4, 0.5) is 0 Å². The van der Waals surface area contributed by atoms with E-state index in [1.165, 1.54) is 38.5 Å². The van der Waals surface area contributed by atoms with Gasteiger partial charge in [-0.3, -0.25) is 4.79 Å². The lowest BCUT2D eigenvalue weighted by atomic mass is 9.95. The molecule has 0 radical (unpaired) electrons. The fourth-order valence-electron chi connectivity index (χ4n) is 2.47. The third-order valence-corrected chi connectivity index (χ3v) is 3.73. The highest BCUT2D eigenvalue weighted by Gasteiger charge is 2.10. The molecule has 1 atom stereocenters. The van der Waals surface area contributed by atoms with Gasteiger partial charge in [-0.05, 0) is 24.7 Å². The van der Waals surface area contributed by atoms with E-state index in [2.05, 4.69) is 33.0 Å². The molecule has 2 nitrogen and oxygen atoms in total. The Bertz CT molecular complexity index is 213. The predicted octanol–water partition coefficient (Wildman–Crippen LogP) is 4.93. The van der Waals surface area contributed by atoms with Crippen molar-refractivity contribution in [3.63, 3.8) is 0 Å². The Labute approximate surface area is 120 Å². The molecule has 0 aromatic rings. The Morgan fingerprint density at radius 2 is 1.63 bits per heavy atom. The van der Waals surface area contributed by atoms with Gasteiger partial charge < -0.3 is 5.32 Å². The third-order valence-electron chi connectivity index (χ3n) is 3.73. The zero-order chi connectivity index (χ0) is 14.5. The molecule has 0 aliphatic heterocycles. The minimum atomic E-state index is 0.248. The second-order valence-corrected chi connectivity index (χ2v) is 6.23. The summed E-state index contributed by atoms with van der Waals surface area (Å²) in [4.78, 5) is 11.7. The van der Waals surface area contributed by atoms with Gasteiger partial charge in [0.2, 0.25) is 5.91 Å². The van der Waals surface area contributed by atoms with Crippen LogP contribution in [-0.2, 0) is 4.79 Å². The number of amides is 1. The minimum absolute atomic E-state index is 0.248. The van der Waals surface area contributed by atoms with E-state index >= 15 is 0 Å². The molecule has 0 rings (SSSR count). The molecule has 0 heterocycles. The summed E-state index contributed by atoms with van der Waals surface area (Å²) in [7, 11) is 0. The molecule has 0 saturated carbocycles. The van der Waals surface area contributed by atoms with Crippen LogP contribution in [0.1, 0.15) is 85.5 Å². The maximum atomic E-state index is 11.7. The summed E-state index contributed by atoms with van der Waals surface area (Å²) in [5, 5.41) is 3.10. The highest BCUT2D eigenvalue weighted by Crippen LogP contribution is 2.14. The van der Waals surface area contributed by atoms with Crippen LogP contribution in [-0.4, -0.2) is 12.5 Å². The van der Waals surface area contributed by atoms with Crippen LogP contribution in [0.5, 0.6) is 0 Å². The summed E-state index contributed by atoms with van der Waals surface area (Å²) in [5.74, 6) is 1.62. The Balaban J connectivity index is 3.52. The molecule has 0 spiro atoms. The van der Waals surface area contributed by atoms with Crippen molar-refractivity contribution in [3.8, 4) is 0 Å². The zero-order valence-corrected chi connectivity index (χ0v) is 13.6. The van der Waals surface area contributed by atoms with Crippen molar-refractivity contribution in [2.45, 2.75) is 85.5 Å². The predicted molar refractivity (Wildman–Crippen MR) is 84.2 cm³/mol. The lowest BCUT2D eigenvalue weighted by Gasteiger charge is -2.17. The highest BCUT2D eigenvalue weighted by atomic mass is 16.1. The van der Waals surface area contributed by atoms with Crippen LogP contribution in [0.25, 0.3) is 0 Å². The molecule has 0 unspecified atom stereocenters. The second kappa shape index (κ2) is 12.5. The van der Waals surface area contributed by atoms with E-state index in [4.69, 9.17) is 0 Å². The van der Waals surface area contributed by atoms with Gasteiger partial charge in [0.05, 0.1) is 0 Å². The second-order valence-electron chi connectivity index (χ2n) is 6.23. The number of rotatable bonds is 12. The molecule has 2 heteroatoms. The first-order valence-corrected chi connectivity index (χ1v) is 8.36. The van der Waals surface area contributed by atoms with E-state index in [-0.39, 0.29) is 5.91 Å². The largest absolute Gasteiger partial charge is 0.356 e. The van der Waals surface area contributed by atoms with Crippen molar-refractivity contribution in [3.05, 3.63) is 0 Å². The van der Waals surface area contributed by atoms with Gasteiger partial charge in [0, 0.05) is 13.0 Å². The first-order valence-electron chi connectivity index (χ1n) is 8.36. The van der Waals surface area contributed by atoms with Crippen LogP contribution in [0, 0.1) is 11.8 Å². The van der Waals surface area contributed by atoms with E-state index in [0.29, 0.717) is 12.3 Å². The van der Waals surface area contributed by atoms with Gasteiger partial charge >= 0.3 is 0 Å². The summed E-state index contributed by atoms with van der Waals surface area (Å²) in [5.41, 5.74) is 0. The number of unbranched alkanes of at least 4 members (excludes halogenated alkanes) is 5. The minimum Gasteiger partial charge on any atom is -0.356 e. The number of nitrogens with one attached hydrogen (secondary N) is 1. The molecule has 0 aliphatic carbocycles. The number of hydrogen-bond acceptors (Lipinski definition) is 1. The first-order chi connectivity index (χ1) is 9.10. The quantitative estimate of drug-likeness (QED) is 0.500. The zero-order valence-electron chi connectivity index (χ0n) is 13.6. The molecule has 1 N–H and O–H groups in total. The van der Waals surface area contributed by atoms with Crippen molar-refractivity contribution in [2.24, 2.45) is 11.8 Å². The molecular formula is C17H35NO. The van der Waals surface area contributed by atoms with Crippen molar-refractivity contribution in [1.29, 1.82) is 0 Å². The molecule has 0 aromatic heterocycles. The maximum Gasteiger partial charge on any atom is 0.220 e. The van der Waals surface area contributed by atoms with Crippen LogP contribution in [0.3, 0.4) is 0 Å². The standard InChI is InChI=1S/C17H35NO/c1-5-7-8-9-10-11-12-17(19)18-14-16(6-2)13-15(3)4/h15-16H,5-14H2,1-4H3,(H,18,19)/t16-/m1/s1. The van der Waals surface area contributed by atoms with Gasteiger partial charge in [-0.2, -0.15) is 0 Å². The van der Waals surface area contributed by atoms with Gasteiger partial charge in [-0.1, -0.05) is 66.2 Å². The molecule has 0 aliphatic rings. The molecule has 0 bridgehead atoms. The van der Waals surface area contributed by atoms with Gasteiger partial charge in [0.25, 0.3) is 0 Å². The fourth-order valence-corrected chi connectivity index (χ4v) is 2.47. The Kier molecular flexibility index (Phi) is 12.2.